The van der Waals surface area contributed by atoms with E-state index in [4.69, 9.17) is 23.2 Å². The zero-order valence-electron chi connectivity index (χ0n) is 10.5. The molecular weight excluding hydrogens is 269 g/mol. The molecule has 1 heterocycles. The highest BCUT2D eigenvalue weighted by Crippen LogP contribution is 2.35. The lowest BCUT2D eigenvalue weighted by atomic mass is 9.86. The molecule has 1 aliphatic heterocycles. The van der Waals surface area contributed by atoms with E-state index < -0.39 is 6.10 Å². The van der Waals surface area contributed by atoms with Crippen molar-refractivity contribution >= 4 is 23.2 Å². The van der Waals surface area contributed by atoms with Crippen LogP contribution in [0, 0.1) is 5.92 Å². The molecular formula is C14H19Cl2NO. The van der Waals surface area contributed by atoms with Gasteiger partial charge in [-0.2, -0.15) is 0 Å². The average molecular weight is 288 g/mol. The van der Waals surface area contributed by atoms with E-state index >= 15 is 0 Å². The normalized spacial score (nSPS) is 26.0. The lowest BCUT2D eigenvalue weighted by molar-refractivity contribution is 0.0980. The summed E-state index contributed by atoms with van der Waals surface area (Å²) in [6.45, 7) is 3.14. The van der Waals surface area contributed by atoms with Gasteiger partial charge in [-0.1, -0.05) is 42.6 Å². The van der Waals surface area contributed by atoms with Crippen LogP contribution in [0.1, 0.15) is 37.9 Å². The van der Waals surface area contributed by atoms with Gasteiger partial charge in [0, 0.05) is 21.7 Å². The second-order valence-electron chi connectivity index (χ2n) is 4.94. The van der Waals surface area contributed by atoms with Crippen LogP contribution in [0.25, 0.3) is 0 Å². The first-order chi connectivity index (χ1) is 8.63. The SMILES string of the molecule is CCC1CCNC(C(O)c2c(Cl)cccc2Cl)C1. The first-order valence-electron chi connectivity index (χ1n) is 6.48. The van der Waals surface area contributed by atoms with Crippen molar-refractivity contribution in [3.8, 4) is 0 Å². The maximum absolute atomic E-state index is 10.5. The third kappa shape index (κ3) is 3.00. The third-order valence-electron chi connectivity index (χ3n) is 3.80. The van der Waals surface area contributed by atoms with Gasteiger partial charge in [-0.15, -0.1) is 0 Å². The van der Waals surface area contributed by atoms with Crippen LogP contribution in [0.2, 0.25) is 10.0 Å². The first-order valence-corrected chi connectivity index (χ1v) is 7.24. The molecule has 2 N–H and O–H groups in total. The minimum atomic E-state index is -0.638. The maximum atomic E-state index is 10.5. The van der Waals surface area contributed by atoms with Crippen LogP contribution in [0.5, 0.6) is 0 Å². The fraction of sp³-hybridized carbons (Fsp3) is 0.571. The maximum Gasteiger partial charge on any atom is 0.0971 e. The van der Waals surface area contributed by atoms with Gasteiger partial charge in [0.05, 0.1) is 6.10 Å². The highest BCUT2D eigenvalue weighted by atomic mass is 35.5. The molecule has 0 amide bonds. The van der Waals surface area contributed by atoms with E-state index in [0.29, 0.717) is 21.5 Å². The van der Waals surface area contributed by atoms with Crippen molar-refractivity contribution in [2.75, 3.05) is 6.54 Å². The number of rotatable bonds is 3. The molecule has 0 spiro atoms. The molecule has 100 valence electrons. The van der Waals surface area contributed by atoms with Crippen LogP contribution in [-0.2, 0) is 0 Å². The number of hydrogen-bond acceptors (Lipinski definition) is 2. The second-order valence-corrected chi connectivity index (χ2v) is 5.75. The Morgan fingerprint density at radius 1 is 1.39 bits per heavy atom. The second kappa shape index (κ2) is 6.25. The Kier molecular flexibility index (Phi) is 4.91. The van der Waals surface area contributed by atoms with Crippen molar-refractivity contribution in [3.63, 3.8) is 0 Å². The van der Waals surface area contributed by atoms with Gasteiger partial charge in [0.1, 0.15) is 0 Å². The molecule has 2 nitrogen and oxygen atoms in total. The van der Waals surface area contributed by atoms with E-state index in [9.17, 15) is 5.11 Å². The summed E-state index contributed by atoms with van der Waals surface area (Å²) in [6.07, 6.45) is 2.66. The number of benzene rings is 1. The van der Waals surface area contributed by atoms with Crippen LogP contribution in [0.15, 0.2) is 18.2 Å². The van der Waals surface area contributed by atoms with Crippen molar-refractivity contribution < 1.29 is 5.11 Å². The fourth-order valence-electron chi connectivity index (χ4n) is 2.64. The monoisotopic (exact) mass is 287 g/mol. The van der Waals surface area contributed by atoms with Crippen LogP contribution in [0.4, 0.5) is 0 Å². The molecule has 0 radical (unpaired) electrons. The number of aliphatic hydroxyl groups is 1. The van der Waals surface area contributed by atoms with Crippen molar-refractivity contribution in [3.05, 3.63) is 33.8 Å². The molecule has 0 saturated carbocycles. The summed E-state index contributed by atoms with van der Waals surface area (Å²) in [5, 5.41) is 14.9. The minimum Gasteiger partial charge on any atom is -0.387 e. The van der Waals surface area contributed by atoms with Gasteiger partial charge < -0.3 is 10.4 Å². The average Bonchev–Trinajstić information content (AvgIpc) is 2.38. The number of hydrogen-bond donors (Lipinski definition) is 2. The highest BCUT2D eigenvalue weighted by molar-refractivity contribution is 6.36. The summed E-state index contributed by atoms with van der Waals surface area (Å²) >= 11 is 12.3. The van der Waals surface area contributed by atoms with E-state index in [1.54, 1.807) is 18.2 Å². The molecule has 0 aliphatic carbocycles. The Hall–Kier alpha value is -0.280. The molecule has 1 aromatic rings. The van der Waals surface area contributed by atoms with Gasteiger partial charge in [-0.05, 0) is 37.4 Å². The largest absolute Gasteiger partial charge is 0.387 e. The summed E-state index contributed by atoms with van der Waals surface area (Å²) in [5.41, 5.74) is 0.648. The van der Waals surface area contributed by atoms with Crippen LogP contribution in [0.3, 0.4) is 0 Å². The topological polar surface area (TPSA) is 32.3 Å². The molecule has 3 unspecified atom stereocenters. The molecule has 4 heteroatoms. The lowest BCUT2D eigenvalue weighted by Gasteiger charge is -2.33. The predicted octanol–water partition coefficient (Wildman–Crippen LogP) is 3.81. The Bertz CT molecular complexity index is 391. The van der Waals surface area contributed by atoms with Crippen molar-refractivity contribution in [2.24, 2.45) is 5.92 Å². The molecule has 1 aliphatic rings. The zero-order chi connectivity index (χ0) is 13.1. The minimum absolute atomic E-state index is 0.0427. The first kappa shape index (κ1) is 14.1. The summed E-state index contributed by atoms with van der Waals surface area (Å²) in [4.78, 5) is 0. The van der Waals surface area contributed by atoms with Crippen molar-refractivity contribution in [1.82, 2.24) is 5.32 Å². The number of nitrogens with one attached hydrogen (secondary N) is 1. The smallest absolute Gasteiger partial charge is 0.0971 e. The molecule has 1 fully saturated rings. The zero-order valence-corrected chi connectivity index (χ0v) is 12.0. The van der Waals surface area contributed by atoms with E-state index in [1.165, 1.54) is 6.42 Å². The van der Waals surface area contributed by atoms with Crippen LogP contribution < -0.4 is 5.32 Å². The Labute approximate surface area is 118 Å². The van der Waals surface area contributed by atoms with Gasteiger partial charge >= 0.3 is 0 Å². The van der Waals surface area contributed by atoms with Gasteiger partial charge in [0.15, 0.2) is 0 Å². The number of halogens is 2. The Morgan fingerprint density at radius 3 is 2.67 bits per heavy atom. The Balaban J connectivity index is 2.17. The molecule has 2 rings (SSSR count). The van der Waals surface area contributed by atoms with E-state index in [2.05, 4.69) is 12.2 Å². The quantitative estimate of drug-likeness (QED) is 0.886. The molecule has 1 saturated heterocycles. The van der Waals surface area contributed by atoms with E-state index in [-0.39, 0.29) is 6.04 Å². The Morgan fingerprint density at radius 2 is 2.06 bits per heavy atom. The van der Waals surface area contributed by atoms with E-state index in [0.717, 1.165) is 19.4 Å². The van der Waals surface area contributed by atoms with Gasteiger partial charge in [0.25, 0.3) is 0 Å². The lowest BCUT2D eigenvalue weighted by Crippen LogP contribution is -2.42. The summed E-state index contributed by atoms with van der Waals surface area (Å²) < 4.78 is 0. The van der Waals surface area contributed by atoms with Gasteiger partial charge in [-0.3, -0.25) is 0 Å². The number of piperidine rings is 1. The van der Waals surface area contributed by atoms with Crippen molar-refractivity contribution in [1.29, 1.82) is 0 Å². The molecule has 1 aromatic carbocycles. The number of aliphatic hydroxyl groups excluding tert-OH is 1. The van der Waals surface area contributed by atoms with E-state index in [1.807, 2.05) is 0 Å². The standard InChI is InChI=1S/C14H19Cl2NO/c1-2-9-6-7-17-12(8-9)14(18)13-10(15)4-3-5-11(13)16/h3-5,9,12,14,17-18H,2,6-8H2,1H3. The summed E-state index contributed by atoms with van der Waals surface area (Å²) in [6, 6.07) is 5.38. The third-order valence-corrected chi connectivity index (χ3v) is 4.46. The van der Waals surface area contributed by atoms with Crippen LogP contribution in [-0.4, -0.2) is 17.7 Å². The molecule has 0 aromatic heterocycles. The predicted molar refractivity (Wildman–Crippen MR) is 76.2 cm³/mol. The molecule has 18 heavy (non-hydrogen) atoms. The van der Waals surface area contributed by atoms with Crippen LogP contribution >= 0.6 is 23.2 Å². The summed E-state index contributed by atoms with van der Waals surface area (Å²) in [5.74, 6) is 0.673. The molecule has 0 bridgehead atoms. The molecule has 3 atom stereocenters. The van der Waals surface area contributed by atoms with Gasteiger partial charge in [0.2, 0.25) is 0 Å². The fourth-order valence-corrected chi connectivity index (χ4v) is 3.26. The van der Waals surface area contributed by atoms with Crippen molar-refractivity contribution in [2.45, 2.75) is 38.3 Å². The van der Waals surface area contributed by atoms with Gasteiger partial charge in [-0.25, -0.2) is 0 Å². The summed E-state index contributed by atoms with van der Waals surface area (Å²) in [7, 11) is 0. The highest BCUT2D eigenvalue weighted by Gasteiger charge is 2.29.